The second-order valence-corrected chi connectivity index (χ2v) is 7.03. The highest BCUT2D eigenvalue weighted by Gasteiger charge is 2.29. The molecule has 0 aliphatic heterocycles. The van der Waals surface area contributed by atoms with Crippen LogP contribution in [0.2, 0.25) is 0 Å². The zero-order valence-electron chi connectivity index (χ0n) is 14.3. The monoisotopic (exact) mass is 370 g/mol. The molecule has 0 radical (unpaired) electrons. The number of carbonyl (C=O) groups excluding carboxylic acids is 1. The van der Waals surface area contributed by atoms with Gasteiger partial charge in [-0.2, -0.15) is 0 Å². The summed E-state index contributed by atoms with van der Waals surface area (Å²) in [7, 11) is 0. The summed E-state index contributed by atoms with van der Waals surface area (Å²) in [6, 6.07) is 9.19. The van der Waals surface area contributed by atoms with E-state index in [4.69, 9.17) is 9.15 Å². The van der Waals surface area contributed by atoms with Crippen molar-refractivity contribution in [3.8, 4) is 0 Å². The number of rotatable bonds is 6. The van der Waals surface area contributed by atoms with E-state index in [1.54, 1.807) is 17.6 Å². The standard InChI is InChI=1S/C19H18N2O4S/c1-2-24-18(23)14-9-10-25-16(14)11-26-19-20-15-6-4-3-5-13(15)17(22)21(19)12-7-8-12/h3-6,9-10,12H,2,7-8,11H2,1H3. The van der Waals surface area contributed by atoms with Gasteiger partial charge >= 0.3 is 5.97 Å². The molecule has 0 spiro atoms. The number of para-hydroxylation sites is 1. The number of benzene rings is 1. The predicted molar refractivity (Wildman–Crippen MR) is 98.5 cm³/mol. The average Bonchev–Trinajstić information content (AvgIpc) is 3.36. The molecular weight excluding hydrogens is 352 g/mol. The maximum Gasteiger partial charge on any atom is 0.341 e. The SMILES string of the molecule is CCOC(=O)c1ccoc1CSc1nc2ccccc2c(=O)n1C1CC1. The lowest BCUT2D eigenvalue weighted by molar-refractivity contribution is 0.0524. The van der Waals surface area contributed by atoms with Crippen molar-refractivity contribution in [2.45, 2.75) is 36.7 Å². The Kier molecular flexibility index (Phi) is 4.55. The van der Waals surface area contributed by atoms with Crippen LogP contribution in [0.25, 0.3) is 10.9 Å². The number of furan rings is 1. The minimum Gasteiger partial charge on any atom is -0.468 e. The molecule has 0 bridgehead atoms. The Labute approximate surface area is 154 Å². The van der Waals surface area contributed by atoms with Gasteiger partial charge in [-0.05, 0) is 38.0 Å². The Morgan fingerprint density at radius 2 is 2.15 bits per heavy atom. The number of thioether (sulfide) groups is 1. The zero-order valence-corrected chi connectivity index (χ0v) is 15.1. The summed E-state index contributed by atoms with van der Waals surface area (Å²) >= 11 is 1.40. The van der Waals surface area contributed by atoms with Crippen LogP contribution in [0.15, 0.2) is 51.0 Å². The van der Waals surface area contributed by atoms with Crippen LogP contribution in [-0.4, -0.2) is 22.1 Å². The fourth-order valence-corrected chi connectivity index (χ4v) is 3.87. The number of hydrogen-bond donors (Lipinski definition) is 0. The molecular formula is C19H18N2O4S. The molecule has 3 aromatic rings. The van der Waals surface area contributed by atoms with Crippen molar-refractivity contribution in [3.05, 3.63) is 58.3 Å². The maximum atomic E-state index is 12.9. The first-order valence-corrected chi connectivity index (χ1v) is 9.55. The van der Waals surface area contributed by atoms with Gasteiger partial charge in [0.15, 0.2) is 5.16 Å². The molecule has 6 nitrogen and oxygen atoms in total. The van der Waals surface area contributed by atoms with Crippen molar-refractivity contribution in [2.75, 3.05) is 6.61 Å². The molecule has 1 aromatic carbocycles. The van der Waals surface area contributed by atoms with E-state index in [1.165, 1.54) is 18.0 Å². The van der Waals surface area contributed by atoms with Crippen LogP contribution in [0.4, 0.5) is 0 Å². The average molecular weight is 370 g/mol. The molecule has 0 saturated heterocycles. The highest BCUT2D eigenvalue weighted by atomic mass is 32.2. The molecule has 26 heavy (non-hydrogen) atoms. The molecule has 7 heteroatoms. The van der Waals surface area contributed by atoms with Crippen molar-refractivity contribution < 1.29 is 13.9 Å². The van der Waals surface area contributed by atoms with Crippen LogP contribution in [0.5, 0.6) is 0 Å². The number of fused-ring (bicyclic) bond motifs is 1. The molecule has 0 atom stereocenters. The van der Waals surface area contributed by atoms with E-state index < -0.39 is 5.97 Å². The van der Waals surface area contributed by atoms with Crippen LogP contribution in [0, 0.1) is 0 Å². The second-order valence-electron chi connectivity index (χ2n) is 6.08. The summed E-state index contributed by atoms with van der Waals surface area (Å²) < 4.78 is 12.3. The highest BCUT2D eigenvalue weighted by Crippen LogP contribution is 2.37. The number of aromatic nitrogens is 2. The summed E-state index contributed by atoms with van der Waals surface area (Å²) in [5.41, 5.74) is 1.09. The molecule has 2 heterocycles. The smallest absolute Gasteiger partial charge is 0.341 e. The normalized spacial score (nSPS) is 13.9. The molecule has 2 aromatic heterocycles. The topological polar surface area (TPSA) is 74.3 Å². The van der Waals surface area contributed by atoms with Gasteiger partial charge in [0.1, 0.15) is 11.3 Å². The zero-order chi connectivity index (χ0) is 18.1. The number of ether oxygens (including phenoxy) is 1. The van der Waals surface area contributed by atoms with Gasteiger partial charge in [0.05, 0.1) is 29.5 Å². The van der Waals surface area contributed by atoms with Gasteiger partial charge in [-0.15, -0.1) is 0 Å². The number of nitrogens with zero attached hydrogens (tertiary/aromatic N) is 2. The van der Waals surface area contributed by atoms with Gasteiger partial charge in [-0.3, -0.25) is 9.36 Å². The first-order chi connectivity index (χ1) is 12.7. The Balaban J connectivity index is 1.66. The van der Waals surface area contributed by atoms with Gasteiger partial charge in [-0.25, -0.2) is 9.78 Å². The van der Waals surface area contributed by atoms with E-state index in [-0.39, 0.29) is 11.6 Å². The van der Waals surface area contributed by atoms with E-state index in [0.29, 0.717) is 39.7 Å². The van der Waals surface area contributed by atoms with Crippen LogP contribution >= 0.6 is 11.8 Å². The summed E-state index contributed by atoms with van der Waals surface area (Å²) in [6.07, 6.45) is 3.45. The summed E-state index contributed by atoms with van der Waals surface area (Å²) in [6.45, 7) is 2.07. The number of esters is 1. The molecule has 0 unspecified atom stereocenters. The number of carbonyl (C=O) groups is 1. The maximum absolute atomic E-state index is 12.9. The summed E-state index contributed by atoms with van der Waals surface area (Å²) in [4.78, 5) is 29.5. The highest BCUT2D eigenvalue weighted by molar-refractivity contribution is 7.98. The minimum absolute atomic E-state index is 0.00865. The molecule has 4 rings (SSSR count). The molecule has 1 fully saturated rings. The van der Waals surface area contributed by atoms with Gasteiger partial charge in [0.25, 0.3) is 5.56 Å². The predicted octanol–water partition coefficient (Wildman–Crippen LogP) is 3.79. The molecule has 0 amide bonds. The Morgan fingerprint density at radius 1 is 1.35 bits per heavy atom. The van der Waals surface area contributed by atoms with Gasteiger partial charge in [0, 0.05) is 6.04 Å². The lowest BCUT2D eigenvalue weighted by Crippen LogP contribution is -2.22. The van der Waals surface area contributed by atoms with Crippen molar-refractivity contribution >= 4 is 28.6 Å². The van der Waals surface area contributed by atoms with Gasteiger partial charge < -0.3 is 9.15 Å². The largest absolute Gasteiger partial charge is 0.468 e. The molecule has 134 valence electrons. The first-order valence-electron chi connectivity index (χ1n) is 8.56. The third-order valence-corrected chi connectivity index (χ3v) is 5.21. The molecule has 1 aliphatic carbocycles. The fraction of sp³-hybridized carbons (Fsp3) is 0.316. The van der Waals surface area contributed by atoms with Crippen LogP contribution in [-0.2, 0) is 10.5 Å². The van der Waals surface area contributed by atoms with E-state index in [2.05, 4.69) is 4.98 Å². The lowest BCUT2D eigenvalue weighted by Gasteiger charge is -2.12. The quantitative estimate of drug-likeness (QED) is 0.373. The van der Waals surface area contributed by atoms with Crippen molar-refractivity contribution in [1.29, 1.82) is 0 Å². The molecule has 1 aliphatic rings. The number of hydrogen-bond acceptors (Lipinski definition) is 6. The second kappa shape index (κ2) is 6.99. The van der Waals surface area contributed by atoms with E-state index in [0.717, 1.165) is 12.8 Å². The van der Waals surface area contributed by atoms with E-state index >= 15 is 0 Å². The Morgan fingerprint density at radius 3 is 2.92 bits per heavy atom. The van der Waals surface area contributed by atoms with E-state index in [9.17, 15) is 9.59 Å². The molecule has 1 saturated carbocycles. The summed E-state index contributed by atoms with van der Waals surface area (Å²) in [5, 5.41) is 1.29. The van der Waals surface area contributed by atoms with E-state index in [1.807, 2.05) is 24.3 Å². The van der Waals surface area contributed by atoms with Gasteiger partial charge in [-0.1, -0.05) is 23.9 Å². The first kappa shape index (κ1) is 16.9. The summed E-state index contributed by atoms with van der Waals surface area (Å²) in [5.74, 6) is 0.527. The van der Waals surface area contributed by atoms with Crippen LogP contribution in [0.1, 0.15) is 41.9 Å². The van der Waals surface area contributed by atoms with Crippen LogP contribution in [0.3, 0.4) is 0 Å². The molecule has 0 N–H and O–H groups in total. The third-order valence-electron chi connectivity index (χ3n) is 4.26. The minimum atomic E-state index is -0.400. The Bertz CT molecular complexity index is 1020. The lowest BCUT2D eigenvalue weighted by atomic mass is 10.2. The van der Waals surface area contributed by atoms with Crippen molar-refractivity contribution in [2.24, 2.45) is 0 Å². The third kappa shape index (κ3) is 3.14. The van der Waals surface area contributed by atoms with Crippen molar-refractivity contribution in [1.82, 2.24) is 9.55 Å². The van der Waals surface area contributed by atoms with Crippen LogP contribution < -0.4 is 5.56 Å². The van der Waals surface area contributed by atoms with Gasteiger partial charge in [0.2, 0.25) is 0 Å². The Hall–Kier alpha value is -2.54. The fourth-order valence-electron chi connectivity index (χ4n) is 2.86. The van der Waals surface area contributed by atoms with Crippen molar-refractivity contribution in [3.63, 3.8) is 0 Å².